The molecule has 0 bridgehead atoms. The number of halogens is 3. The normalized spacial score (nSPS) is 11.4. The number of aromatic nitrogens is 4. The van der Waals surface area contributed by atoms with Gasteiger partial charge in [0.25, 0.3) is 10.0 Å². The number of rotatable bonds is 6. The molecule has 0 aliphatic rings. The first-order valence-electron chi connectivity index (χ1n) is 8.08. The predicted molar refractivity (Wildman–Crippen MR) is 111 cm³/mol. The van der Waals surface area contributed by atoms with Gasteiger partial charge in [-0.25, -0.2) is 12.8 Å². The highest BCUT2D eigenvalue weighted by atomic mass is 35.5. The van der Waals surface area contributed by atoms with Crippen LogP contribution in [0.1, 0.15) is 0 Å². The van der Waals surface area contributed by atoms with Gasteiger partial charge in [0.1, 0.15) is 27.7 Å². The van der Waals surface area contributed by atoms with Crippen LogP contribution in [-0.4, -0.2) is 28.8 Å². The maximum atomic E-state index is 14.7. The minimum atomic E-state index is -4.26. The van der Waals surface area contributed by atoms with E-state index in [9.17, 15) is 12.8 Å². The second-order valence-electron chi connectivity index (χ2n) is 5.78. The van der Waals surface area contributed by atoms with Gasteiger partial charge in [0, 0.05) is 22.8 Å². The van der Waals surface area contributed by atoms with E-state index in [0.717, 1.165) is 23.5 Å². The number of benzene rings is 2. The summed E-state index contributed by atoms with van der Waals surface area (Å²) in [7, 11) is -4.26. The molecule has 0 spiro atoms. The number of hydrogen-bond donors (Lipinski definition) is 2. The van der Waals surface area contributed by atoms with Crippen LogP contribution in [0.25, 0.3) is 11.3 Å². The van der Waals surface area contributed by atoms with E-state index >= 15 is 0 Å². The van der Waals surface area contributed by atoms with Crippen LogP contribution in [0, 0.1) is 5.82 Å². The lowest BCUT2D eigenvalue weighted by atomic mass is 10.1. The molecule has 154 valence electrons. The van der Waals surface area contributed by atoms with E-state index in [4.69, 9.17) is 27.9 Å². The van der Waals surface area contributed by atoms with E-state index in [0.29, 0.717) is 22.0 Å². The van der Waals surface area contributed by atoms with E-state index in [1.165, 1.54) is 5.51 Å². The Labute approximate surface area is 183 Å². The zero-order valence-corrected chi connectivity index (χ0v) is 17.8. The zero-order chi connectivity index (χ0) is 21.3. The lowest BCUT2D eigenvalue weighted by Gasteiger charge is -2.13. The second kappa shape index (κ2) is 8.19. The molecule has 0 atom stereocenters. The molecule has 0 unspecified atom stereocenters. The van der Waals surface area contributed by atoms with Crippen molar-refractivity contribution in [3.8, 4) is 22.8 Å². The largest absolute Gasteiger partial charge is 0.455 e. The molecule has 0 saturated carbocycles. The number of nitrogens with zero attached hydrogens (tertiary/aromatic N) is 3. The third-order valence-corrected chi connectivity index (χ3v) is 6.43. The van der Waals surface area contributed by atoms with Crippen LogP contribution in [0.5, 0.6) is 11.5 Å². The summed E-state index contributed by atoms with van der Waals surface area (Å²) in [5.41, 5.74) is 2.51. The predicted octanol–water partition coefficient (Wildman–Crippen LogP) is 4.97. The van der Waals surface area contributed by atoms with Crippen LogP contribution >= 0.6 is 34.5 Å². The molecule has 0 aliphatic heterocycles. The number of sulfonamides is 1. The highest BCUT2D eigenvalue weighted by Gasteiger charge is 2.24. The molecule has 0 aliphatic carbocycles. The summed E-state index contributed by atoms with van der Waals surface area (Å²) in [5.74, 6) is -0.817. The molecule has 2 heterocycles. The summed E-state index contributed by atoms with van der Waals surface area (Å²) in [6.07, 6.45) is 1.55. The van der Waals surface area contributed by atoms with Gasteiger partial charge < -0.3 is 4.74 Å². The summed E-state index contributed by atoms with van der Waals surface area (Å²) in [6.45, 7) is 0. The Balaban J connectivity index is 1.69. The Morgan fingerprint density at radius 3 is 2.67 bits per heavy atom. The lowest BCUT2D eigenvalue weighted by Crippen LogP contribution is -2.14. The first-order chi connectivity index (χ1) is 14.3. The number of H-pyrrole nitrogens is 1. The van der Waals surface area contributed by atoms with Crippen molar-refractivity contribution in [1.82, 2.24) is 20.4 Å². The Kier molecular flexibility index (Phi) is 5.60. The van der Waals surface area contributed by atoms with Crippen molar-refractivity contribution in [1.29, 1.82) is 0 Å². The number of nitrogens with one attached hydrogen (secondary N) is 2. The highest BCUT2D eigenvalue weighted by molar-refractivity contribution is 7.93. The maximum Gasteiger partial charge on any atom is 0.266 e. The SMILES string of the molecule is O=S(=O)(Nc1nncs1)c1cc(Cl)c(Oc2ccc(Cl)cc2-c2ccn[nH]2)cc1F. The lowest BCUT2D eigenvalue weighted by molar-refractivity contribution is 0.475. The number of anilines is 1. The van der Waals surface area contributed by atoms with Gasteiger partial charge >= 0.3 is 0 Å². The van der Waals surface area contributed by atoms with E-state index < -0.39 is 20.7 Å². The van der Waals surface area contributed by atoms with E-state index in [-0.39, 0.29) is 15.9 Å². The van der Waals surface area contributed by atoms with Gasteiger partial charge in [-0.05, 0) is 30.3 Å². The quantitative estimate of drug-likeness (QED) is 0.399. The fourth-order valence-corrected chi connectivity index (χ4v) is 4.73. The van der Waals surface area contributed by atoms with Gasteiger partial charge in [0.2, 0.25) is 5.13 Å². The maximum absolute atomic E-state index is 14.7. The Hall–Kier alpha value is -2.73. The van der Waals surface area contributed by atoms with Crippen molar-refractivity contribution < 1.29 is 17.5 Å². The second-order valence-corrected chi connectivity index (χ2v) is 9.10. The molecule has 4 rings (SSSR count). The molecule has 4 aromatic rings. The van der Waals surface area contributed by atoms with Gasteiger partial charge in [-0.2, -0.15) is 5.10 Å². The smallest absolute Gasteiger partial charge is 0.266 e. The molecule has 0 saturated heterocycles. The zero-order valence-electron chi connectivity index (χ0n) is 14.6. The molecule has 13 heteroatoms. The fraction of sp³-hybridized carbons (Fsp3) is 0. The summed E-state index contributed by atoms with van der Waals surface area (Å²) < 4.78 is 47.5. The van der Waals surface area contributed by atoms with Crippen molar-refractivity contribution in [3.63, 3.8) is 0 Å². The summed E-state index contributed by atoms with van der Waals surface area (Å²) in [5, 5.41) is 14.1. The summed E-state index contributed by atoms with van der Waals surface area (Å²) in [4.78, 5) is -0.653. The van der Waals surface area contributed by atoms with Crippen LogP contribution < -0.4 is 9.46 Å². The Bertz CT molecular complexity index is 1300. The summed E-state index contributed by atoms with van der Waals surface area (Å²) >= 11 is 13.2. The van der Waals surface area contributed by atoms with E-state index in [2.05, 4.69) is 25.1 Å². The molecule has 2 aromatic carbocycles. The Morgan fingerprint density at radius 1 is 1.13 bits per heavy atom. The van der Waals surface area contributed by atoms with Crippen LogP contribution in [-0.2, 0) is 10.0 Å². The third-order valence-electron chi connectivity index (χ3n) is 3.81. The number of ether oxygens (including phenoxy) is 1. The third kappa shape index (κ3) is 4.24. The van der Waals surface area contributed by atoms with Gasteiger partial charge in [-0.3, -0.25) is 9.82 Å². The molecule has 2 aromatic heterocycles. The Morgan fingerprint density at radius 2 is 1.97 bits per heavy atom. The van der Waals surface area contributed by atoms with Gasteiger partial charge in [-0.15, -0.1) is 10.2 Å². The van der Waals surface area contributed by atoms with Crippen LogP contribution in [0.15, 0.2) is 53.0 Å². The van der Waals surface area contributed by atoms with Gasteiger partial charge in [0.05, 0.1) is 10.7 Å². The number of aromatic amines is 1. The average molecular weight is 486 g/mol. The van der Waals surface area contributed by atoms with Crippen molar-refractivity contribution >= 4 is 49.7 Å². The topological polar surface area (TPSA) is 110 Å². The number of hydrogen-bond acceptors (Lipinski definition) is 7. The monoisotopic (exact) mass is 485 g/mol. The molecule has 0 fully saturated rings. The van der Waals surface area contributed by atoms with Gasteiger partial charge in [-0.1, -0.05) is 34.5 Å². The van der Waals surface area contributed by atoms with E-state index in [1.807, 2.05) is 0 Å². The molecule has 8 nitrogen and oxygen atoms in total. The van der Waals surface area contributed by atoms with Crippen molar-refractivity contribution in [2.24, 2.45) is 0 Å². The first-order valence-corrected chi connectivity index (χ1v) is 11.2. The minimum Gasteiger partial charge on any atom is -0.455 e. The fourth-order valence-electron chi connectivity index (χ4n) is 2.51. The van der Waals surface area contributed by atoms with Crippen LogP contribution in [0.2, 0.25) is 10.0 Å². The van der Waals surface area contributed by atoms with Crippen LogP contribution in [0.4, 0.5) is 9.52 Å². The molecular weight excluding hydrogens is 476 g/mol. The summed E-state index contributed by atoms with van der Waals surface area (Å²) in [6, 6.07) is 8.36. The van der Waals surface area contributed by atoms with Crippen molar-refractivity contribution in [2.45, 2.75) is 4.90 Å². The van der Waals surface area contributed by atoms with Crippen molar-refractivity contribution in [2.75, 3.05) is 4.72 Å². The molecular formula is C17H10Cl2FN5O3S2. The molecule has 0 amide bonds. The van der Waals surface area contributed by atoms with Crippen molar-refractivity contribution in [3.05, 3.63) is 64.0 Å². The average Bonchev–Trinajstić information content (AvgIpc) is 3.39. The van der Waals surface area contributed by atoms with E-state index in [1.54, 1.807) is 30.5 Å². The van der Waals surface area contributed by atoms with Crippen LogP contribution in [0.3, 0.4) is 0 Å². The molecule has 0 radical (unpaired) electrons. The molecule has 30 heavy (non-hydrogen) atoms. The highest BCUT2D eigenvalue weighted by Crippen LogP contribution is 2.38. The molecule has 2 N–H and O–H groups in total. The first kappa shape index (κ1) is 20.5. The minimum absolute atomic E-state index is 0.00351. The standard InChI is InChI=1S/C17H10Cl2FN5O3S2/c18-9-1-2-14(10(5-9)13-3-4-21-23-13)28-15-7-12(20)16(6-11(15)19)30(26,27)25-17-24-22-8-29-17/h1-8H,(H,21,23)(H,24,25). The van der Waals surface area contributed by atoms with Gasteiger partial charge in [0.15, 0.2) is 0 Å².